The van der Waals surface area contributed by atoms with Crippen LogP contribution in [0.4, 0.5) is 4.39 Å². The van der Waals surface area contributed by atoms with Crippen LogP contribution < -0.4 is 10.6 Å². The molecule has 0 aliphatic carbocycles. The first-order valence-corrected chi connectivity index (χ1v) is 7.84. The Balaban J connectivity index is 1.77. The zero-order valence-corrected chi connectivity index (χ0v) is 13.1. The molecule has 1 aliphatic heterocycles. The molecule has 1 saturated heterocycles. The molecule has 22 heavy (non-hydrogen) atoms. The maximum atomic E-state index is 12.9. The minimum atomic E-state index is -0.219. The van der Waals surface area contributed by atoms with Crippen LogP contribution in [0, 0.1) is 5.82 Å². The SMILES string of the molecule is CCNC(=NCc1ccc(F)cc1)NCCN1CCOCC1. The Morgan fingerprint density at radius 3 is 2.64 bits per heavy atom. The van der Waals surface area contributed by atoms with Gasteiger partial charge in [-0.25, -0.2) is 9.38 Å². The summed E-state index contributed by atoms with van der Waals surface area (Å²) in [7, 11) is 0. The van der Waals surface area contributed by atoms with Crippen LogP contribution in [0.5, 0.6) is 0 Å². The van der Waals surface area contributed by atoms with Crippen LogP contribution in [-0.4, -0.2) is 56.8 Å². The second kappa shape index (κ2) is 9.38. The molecule has 2 rings (SSSR count). The average molecular weight is 308 g/mol. The Morgan fingerprint density at radius 1 is 1.23 bits per heavy atom. The highest BCUT2D eigenvalue weighted by atomic mass is 19.1. The molecule has 1 aromatic carbocycles. The number of ether oxygens (including phenoxy) is 1. The van der Waals surface area contributed by atoms with E-state index in [-0.39, 0.29) is 5.82 Å². The minimum absolute atomic E-state index is 0.219. The molecule has 122 valence electrons. The molecule has 1 fully saturated rings. The number of aliphatic imine (C=N–C) groups is 1. The maximum Gasteiger partial charge on any atom is 0.191 e. The van der Waals surface area contributed by atoms with Gasteiger partial charge in [0.05, 0.1) is 19.8 Å². The van der Waals surface area contributed by atoms with E-state index in [2.05, 4.69) is 20.5 Å². The molecule has 1 heterocycles. The van der Waals surface area contributed by atoms with Crippen molar-refractivity contribution in [3.05, 3.63) is 35.6 Å². The Bertz CT molecular complexity index is 458. The lowest BCUT2D eigenvalue weighted by Crippen LogP contribution is -2.44. The van der Waals surface area contributed by atoms with Crippen molar-refractivity contribution < 1.29 is 9.13 Å². The molecule has 0 amide bonds. The Labute approximate surface area is 131 Å². The molecule has 0 atom stereocenters. The van der Waals surface area contributed by atoms with Crippen molar-refractivity contribution in [2.75, 3.05) is 45.9 Å². The number of guanidine groups is 1. The van der Waals surface area contributed by atoms with Crippen molar-refractivity contribution >= 4 is 5.96 Å². The van der Waals surface area contributed by atoms with E-state index in [1.165, 1.54) is 12.1 Å². The van der Waals surface area contributed by atoms with E-state index < -0.39 is 0 Å². The zero-order chi connectivity index (χ0) is 15.6. The summed E-state index contributed by atoms with van der Waals surface area (Å²) >= 11 is 0. The molecular formula is C16H25FN4O. The average Bonchev–Trinajstić information content (AvgIpc) is 2.55. The molecular weight excluding hydrogens is 283 g/mol. The van der Waals surface area contributed by atoms with Gasteiger partial charge in [0.25, 0.3) is 0 Å². The zero-order valence-electron chi connectivity index (χ0n) is 13.1. The van der Waals surface area contributed by atoms with Gasteiger partial charge in [0.15, 0.2) is 5.96 Å². The van der Waals surface area contributed by atoms with Crippen LogP contribution in [0.3, 0.4) is 0 Å². The number of halogens is 1. The fraction of sp³-hybridized carbons (Fsp3) is 0.562. The van der Waals surface area contributed by atoms with Crippen molar-refractivity contribution in [2.45, 2.75) is 13.5 Å². The molecule has 2 N–H and O–H groups in total. The van der Waals surface area contributed by atoms with E-state index in [9.17, 15) is 4.39 Å². The number of hydrogen-bond donors (Lipinski definition) is 2. The number of nitrogens with zero attached hydrogens (tertiary/aromatic N) is 2. The summed E-state index contributed by atoms with van der Waals surface area (Å²) in [6.45, 7) is 8.82. The summed E-state index contributed by atoms with van der Waals surface area (Å²) < 4.78 is 18.2. The van der Waals surface area contributed by atoms with Gasteiger partial charge in [0.1, 0.15) is 5.82 Å². The van der Waals surface area contributed by atoms with Crippen LogP contribution in [0.25, 0.3) is 0 Å². The Kier molecular flexibility index (Phi) is 7.12. The maximum absolute atomic E-state index is 12.9. The number of hydrogen-bond acceptors (Lipinski definition) is 3. The second-order valence-corrected chi connectivity index (χ2v) is 5.20. The minimum Gasteiger partial charge on any atom is -0.379 e. The fourth-order valence-corrected chi connectivity index (χ4v) is 2.26. The Hall–Kier alpha value is -1.66. The number of morpholine rings is 1. The van der Waals surface area contributed by atoms with Crippen molar-refractivity contribution in [3.8, 4) is 0 Å². The third-order valence-corrected chi connectivity index (χ3v) is 3.50. The standard InChI is InChI=1S/C16H25FN4O/c1-2-18-16(19-7-8-21-9-11-22-12-10-21)20-13-14-3-5-15(17)6-4-14/h3-6H,2,7-13H2,1H3,(H2,18,19,20). The highest BCUT2D eigenvalue weighted by Gasteiger charge is 2.09. The van der Waals surface area contributed by atoms with Gasteiger partial charge >= 0.3 is 0 Å². The summed E-state index contributed by atoms with van der Waals surface area (Å²) in [6.07, 6.45) is 0. The first kappa shape index (κ1) is 16.7. The first-order chi connectivity index (χ1) is 10.8. The van der Waals surface area contributed by atoms with Crippen LogP contribution in [0.2, 0.25) is 0 Å². The summed E-state index contributed by atoms with van der Waals surface area (Å²) in [5, 5.41) is 6.56. The molecule has 0 radical (unpaired) electrons. The fourth-order valence-electron chi connectivity index (χ4n) is 2.26. The van der Waals surface area contributed by atoms with Gasteiger partial charge in [-0.3, -0.25) is 4.90 Å². The van der Waals surface area contributed by atoms with Crippen LogP contribution in [0.15, 0.2) is 29.3 Å². The molecule has 0 saturated carbocycles. The molecule has 1 aromatic rings. The van der Waals surface area contributed by atoms with Gasteiger partial charge in [0.2, 0.25) is 0 Å². The predicted octanol–water partition coefficient (Wildman–Crippen LogP) is 1.21. The lowest BCUT2D eigenvalue weighted by atomic mass is 10.2. The topological polar surface area (TPSA) is 48.9 Å². The van der Waals surface area contributed by atoms with Crippen molar-refractivity contribution in [2.24, 2.45) is 4.99 Å². The first-order valence-electron chi connectivity index (χ1n) is 7.84. The number of rotatable bonds is 6. The summed E-state index contributed by atoms with van der Waals surface area (Å²) in [5.41, 5.74) is 0.992. The van der Waals surface area contributed by atoms with Gasteiger partial charge in [-0.05, 0) is 24.6 Å². The molecule has 0 spiro atoms. The van der Waals surface area contributed by atoms with Gasteiger partial charge in [0, 0.05) is 32.7 Å². The second-order valence-electron chi connectivity index (χ2n) is 5.20. The van der Waals surface area contributed by atoms with Gasteiger partial charge in [-0.2, -0.15) is 0 Å². The summed E-state index contributed by atoms with van der Waals surface area (Å²) in [5.74, 6) is 0.573. The van der Waals surface area contributed by atoms with E-state index in [4.69, 9.17) is 4.74 Å². The highest BCUT2D eigenvalue weighted by Crippen LogP contribution is 2.03. The quantitative estimate of drug-likeness (QED) is 0.613. The predicted molar refractivity (Wildman–Crippen MR) is 86.5 cm³/mol. The summed E-state index contributed by atoms with van der Waals surface area (Å²) in [4.78, 5) is 6.90. The van der Waals surface area contributed by atoms with E-state index in [1.54, 1.807) is 12.1 Å². The monoisotopic (exact) mass is 308 g/mol. The van der Waals surface area contributed by atoms with E-state index in [0.717, 1.165) is 57.5 Å². The lowest BCUT2D eigenvalue weighted by molar-refractivity contribution is 0.0389. The van der Waals surface area contributed by atoms with Gasteiger partial charge < -0.3 is 15.4 Å². The Morgan fingerprint density at radius 2 is 1.95 bits per heavy atom. The van der Waals surface area contributed by atoms with E-state index in [1.807, 2.05) is 6.92 Å². The third kappa shape index (κ3) is 5.99. The summed E-state index contributed by atoms with van der Waals surface area (Å²) in [6, 6.07) is 6.44. The van der Waals surface area contributed by atoms with Crippen molar-refractivity contribution in [3.63, 3.8) is 0 Å². The smallest absolute Gasteiger partial charge is 0.191 e. The number of nitrogens with one attached hydrogen (secondary N) is 2. The highest BCUT2D eigenvalue weighted by molar-refractivity contribution is 5.79. The molecule has 1 aliphatic rings. The van der Waals surface area contributed by atoms with E-state index >= 15 is 0 Å². The van der Waals surface area contributed by atoms with Crippen LogP contribution in [0.1, 0.15) is 12.5 Å². The number of benzene rings is 1. The molecule has 5 nitrogen and oxygen atoms in total. The van der Waals surface area contributed by atoms with E-state index in [0.29, 0.717) is 6.54 Å². The normalized spacial score (nSPS) is 16.5. The third-order valence-electron chi connectivity index (χ3n) is 3.50. The molecule has 6 heteroatoms. The van der Waals surface area contributed by atoms with Gasteiger partial charge in [-0.15, -0.1) is 0 Å². The molecule has 0 unspecified atom stereocenters. The lowest BCUT2D eigenvalue weighted by Gasteiger charge is -2.26. The van der Waals surface area contributed by atoms with Crippen molar-refractivity contribution in [1.82, 2.24) is 15.5 Å². The largest absolute Gasteiger partial charge is 0.379 e. The van der Waals surface area contributed by atoms with Crippen LogP contribution >= 0.6 is 0 Å². The van der Waals surface area contributed by atoms with Crippen molar-refractivity contribution in [1.29, 1.82) is 0 Å². The van der Waals surface area contributed by atoms with Gasteiger partial charge in [-0.1, -0.05) is 12.1 Å². The van der Waals surface area contributed by atoms with Crippen LogP contribution in [-0.2, 0) is 11.3 Å². The molecule has 0 bridgehead atoms. The molecule has 0 aromatic heterocycles.